The van der Waals surface area contributed by atoms with E-state index in [0.29, 0.717) is 12.3 Å². The molecule has 0 bridgehead atoms. The predicted molar refractivity (Wildman–Crippen MR) is 82.4 cm³/mol. The Kier molecular flexibility index (Phi) is 3.68. The van der Waals surface area contributed by atoms with Crippen LogP contribution in [0.15, 0.2) is 24.3 Å². The van der Waals surface area contributed by atoms with E-state index >= 15 is 0 Å². The van der Waals surface area contributed by atoms with Crippen LogP contribution >= 0.6 is 0 Å². The molecule has 0 unspecified atom stereocenters. The molecule has 6 heteroatoms. The molecule has 22 heavy (non-hydrogen) atoms. The lowest BCUT2D eigenvalue weighted by Crippen LogP contribution is -2.08. The predicted octanol–water partition coefficient (Wildman–Crippen LogP) is 2.96. The molecular weight excluding hydrogens is 284 g/mol. The highest BCUT2D eigenvalue weighted by atomic mass is 16.5. The van der Waals surface area contributed by atoms with E-state index in [-0.39, 0.29) is 18.1 Å². The van der Waals surface area contributed by atoms with Crippen molar-refractivity contribution in [1.82, 2.24) is 9.97 Å². The van der Waals surface area contributed by atoms with Crippen LogP contribution in [0.3, 0.4) is 0 Å². The molecular formula is C16H16N2O4. The molecule has 1 aromatic carbocycles. The van der Waals surface area contributed by atoms with Crippen LogP contribution in [0.25, 0.3) is 21.8 Å². The van der Waals surface area contributed by atoms with Gasteiger partial charge in [-0.05, 0) is 13.0 Å². The van der Waals surface area contributed by atoms with Crippen molar-refractivity contribution in [2.45, 2.75) is 13.5 Å². The minimum absolute atomic E-state index is 0.102. The number of carbonyl (C=O) groups is 1. The van der Waals surface area contributed by atoms with E-state index in [0.717, 1.165) is 21.8 Å². The average Bonchev–Trinajstić information content (AvgIpc) is 2.91. The van der Waals surface area contributed by atoms with Gasteiger partial charge in [-0.3, -0.25) is 0 Å². The Morgan fingerprint density at radius 2 is 2.14 bits per heavy atom. The maximum Gasteiger partial charge on any atom is 0.358 e. The Bertz CT molecular complexity index is 854. The molecule has 0 radical (unpaired) electrons. The van der Waals surface area contributed by atoms with E-state index in [1.807, 2.05) is 31.2 Å². The number of nitrogens with zero attached hydrogens (tertiary/aromatic N) is 1. The topological polar surface area (TPSA) is 84.4 Å². The zero-order valence-corrected chi connectivity index (χ0v) is 12.3. The quantitative estimate of drug-likeness (QED) is 0.756. The molecule has 0 amide bonds. The van der Waals surface area contributed by atoms with Crippen LogP contribution in [0.4, 0.5) is 0 Å². The molecule has 2 N–H and O–H groups in total. The third-order valence-electron chi connectivity index (χ3n) is 3.53. The second-order valence-electron chi connectivity index (χ2n) is 4.80. The Balaban J connectivity index is 2.42. The summed E-state index contributed by atoms with van der Waals surface area (Å²) in [6.07, 6.45) is 0. The number of pyridine rings is 1. The molecule has 0 atom stereocenters. The van der Waals surface area contributed by atoms with Crippen LogP contribution in [0.5, 0.6) is 5.75 Å². The number of hydrogen-bond donors (Lipinski definition) is 2. The Morgan fingerprint density at radius 3 is 2.82 bits per heavy atom. The minimum atomic E-state index is -1.12. The van der Waals surface area contributed by atoms with Gasteiger partial charge in [-0.25, -0.2) is 9.78 Å². The molecule has 3 rings (SSSR count). The van der Waals surface area contributed by atoms with E-state index in [9.17, 15) is 9.90 Å². The average molecular weight is 300 g/mol. The van der Waals surface area contributed by atoms with Gasteiger partial charge in [0, 0.05) is 17.5 Å². The minimum Gasteiger partial charge on any atom is -0.493 e. The first-order valence-corrected chi connectivity index (χ1v) is 6.95. The highest BCUT2D eigenvalue weighted by molar-refractivity contribution is 6.13. The number of benzene rings is 1. The van der Waals surface area contributed by atoms with Crippen LogP contribution in [-0.2, 0) is 11.3 Å². The number of H-pyrrole nitrogens is 1. The van der Waals surface area contributed by atoms with Crippen molar-refractivity contribution in [2.24, 2.45) is 0 Å². The van der Waals surface area contributed by atoms with Crippen LogP contribution in [0, 0.1) is 0 Å². The van der Waals surface area contributed by atoms with Crippen molar-refractivity contribution in [1.29, 1.82) is 0 Å². The number of aromatic amines is 1. The molecule has 0 aliphatic carbocycles. The fourth-order valence-corrected chi connectivity index (χ4v) is 2.60. The largest absolute Gasteiger partial charge is 0.493 e. The summed E-state index contributed by atoms with van der Waals surface area (Å²) in [5, 5.41) is 11.0. The van der Waals surface area contributed by atoms with Crippen LogP contribution < -0.4 is 4.74 Å². The lowest BCUT2D eigenvalue weighted by atomic mass is 10.1. The highest BCUT2D eigenvalue weighted by Gasteiger charge is 2.22. The maximum atomic E-state index is 11.5. The fourth-order valence-electron chi connectivity index (χ4n) is 2.60. The van der Waals surface area contributed by atoms with Crippen molar-refractivity contribution in [3.8, 4) is 5.75 Å². The van der Waals surface area contributed by atoms with Gasteiger partial charge >= 0.3 is 5.97 Å². The number of aromatic carboxylic acids is 1. The molecule has 0 aliphatic heterocycles. The summed E-state index contributed by atoms with van der Waals surface area (Å²) >= 11 is 0. The molecule has 6 nitrogen and oxygen atoms in total. The molecule has 0 spiro atoms. The number of ether oxygens (including phenoxy) is 2. The SMILES string of the molecule is CCOCc1nc(C(=O)O)c(OC)c2c1[nH]c1ccccc12. The molecule has 114 valence electrons. The highest BCUT2D eigenvalue weighted by Crippen LogP contribution is 2.36. The number of hydrogen-bond acceptors (Lipinski definition) is 4. The molecule has 0 fully saturated rings. The second-order valence-corrected chi connectivity index (χ2v) is 4.80. The van der Waals surface area contributed by atoms with Gasteiger partial charge in [-0.2, -0.15) is 0 Å². The molecule has 0 saturated carbocycles. The molecule has 2 heterocycles. The van der Waals surface area contributed by atoms with Crippen LogP contribution in [0.1, 0.15) is 23.1 Å². The standard InChI is InChI=1S/C16H16N2O4/c1-3-22-8-11-13-12(9-6-4-5-7-10(9)17-13)15(21-2)14(18-11)16(19)20/h4-7,17H,3,8H2,1-2H3,(H,19,20). The number of rotatable bonds is 5. The molecule has 0 aliphatic rings. The first kappa shape index (κ1) is 14.3. The first-order valence-electron chi connectivity index (χ1n) is 6.95. The summed E-state index contributed by atoms with van der Waals surface area (Å²) in [5.41, 5.74) is 2.11. The zero-order chi connectivity index (χ0) is 15.7. The second kappa shape index (κ2) is 5.65. The normalized spacial score (nSPS) is 11.2. The van der Waals surface area contributed by atoms with Crippen molar-refractivity contribution >= 4 is 27.8 Å². The van der Waals surface area contributed by atoms with E-state index in [4.69, 9.17) is 9.47 Å². The summed E-state index contributed by atoms with van der Waals surface area (Å²) in [4.78, 5) is 19.0. The zero-order valence-electron chi connectivity index (χ0n) is 12.3. The first-order chi connectivity index (χ1) is 10.7. The Hall–Kier alpha value is -2.60. The summed E-state index contributed by atoms with van der Waals surface area (Å²) in [6.45, 7) is 2.64. The van der Waals surface area contributed by atoms with Crippen molar-refractivity contribution in [3.05, 3.63) is 35.7 Å². The number of methoxy groups -OCH3 is 1. The van der Waals surface area contributed by atoms with Crippen molar-refractivity contribution in [2.75, 3.05) is 13.7 Å². The van der Waals surface area contributed by atoms with Gasteiger partial charge < -0.3 is 19.6 Å². The number of nitrogens with one attached hydrogen (secondary N) is 1. The number of carboxylic acid groups (broad SMARTS) is 1. The summed E-state index contributed by atoms with van der Waals surface area (Å²) in [6, 6.07) is 7.67. The fraction of sp³-hybridized carbons (Fsp3) is 0.250. The lowest BCUT2D eigenvalue weighted by molar-refractivity contribution is 0.0685. The van der Waals surface area contributed by atoms with E-state index in [1.165, 1.54) is 7.11 Å². The van der Waals surface area contributed by atoms with Gasteiger partial charge in [0.05, 0.1) is 30.3 Å². The smallest absolute Gasteiger partial charge is 0.358 e. The van der Waals surface area contributed by atoms with Crippen LogP contribution in [-0.4, -0.2) is 34.8 Å². The van der Waals surface area contributed by atoms with Gasteiger partial charge in [-0.1, -0.05) is 18.2 Å². The lowest BCUT2D eigenvalue weighted by Gasteiger charge is -2.10. The Morgan fingerprint density at radius 1 is 1.36 bits per heavy atom. The molecule has 0 saturated heterocycles. The van der Waals surface area contributed by atoms with E-state index < -0.39 is 5.97 Å². The third-order valence-corrected chi connectivity index (χ3v) is 3.53. The van der Waals surface area contributed by atoms with Gasteiger partial charge in [0.1, 0.15) is 0 Å². The van der Waals surface area contributed by atoms with Gasteiger partial charge in [-0.15, -0.1) is 0 Å². The van der Waals surface area contributed by atoms with E-state index in [2.05, 4.69) is 9.97 Å². The number of aromatic nitrogens is 2. The molecule has 2 aromatic heterocycles. The van der Waals surface area contributed by atoms with Gasteiger partial charge in [0.25, 0.3) is 0 Å². The summed E-state index contributed by atoms with van der Waals surface area (Å²) in [7, 11) is 1.45. The maximum absolute atomic E-state index is 11.5. The van der Waals surface area contributed by atoms with Gasteiger partial charge in [0.2, 0.25) is 0 Å². The number of carboxylic acids is 1. The van der Waals surface area contributed by atoms with Crippen molar-refractivity contribution < 1.29 is 19.4 Å². The van der Waals surface area contributed by atoms with Crippen LogP contribution in [0.2, 0.25) is 0 Å². The Labute approximate surface area is 126 Å². The van der Waals surface area contributed by atoms with Crippen molar-refractivity contribution in [3.63, 3.8) is 0 Å². The third kappa shape index (κ3) is 2.17. The van der Waals surface area contributed by atoms with Gasteiger partial charge in [0.15, 0.2) is 11.4 Å². The van der Waals surface area contributed by atoms with E-state index in [1.54, 1.807) is 0 Å². The molecule has 3 aromatic rings. The number of para-hydroxylation sites is 1. The number of fused-ring (bicyclic) bond motifs is 3. The monoisotopic (exact) mass is 300 g/mol. The summed E-state index contributed by atoms with van der Waals surface area (Å²) in [5.74, 6) is -0.859. The summed E-state index contributed by atoms with van der Waals surface area (Å²) < 4.78 is 10.8.